The predicted octanol–water partition coefficient (Wildman–Crippen LogP) is 3.11. The average molecular weight is 321 g/mol. The highest BCUT2D eigenvalue weighted by Gasteiger charge is 2.09. The van der Waals surface area contributed by atoms with Gasteiger partial charge in [0.2, 0.25) is 0 Å². The first-order valence-electron chi connectivity index (χ1n) is 6.37. The number of halogens is 1. The molecular weight excluding hydrogens is 304 g/mol. The summed E-state index contributed by atoms with van der Waals surface area (Å²) < 4.78 is 0.910. The summed E-state index contributed by atoms with van der Waals surface area (Å²) in [5.41, 5.74) is 2.73. The predicted molar refractivity (Wildman–Crippen MR) is 79.7 cm³/mol. The number of hydrogen-bond donors (Lipinski definition) is 1. The molecule has 0 fully saturated rings. The number of pyridine rings is 1. The lowest BCUT2D eigenvalue weighted by Crippen LogP contribution is -2.15. The molecule has 0 amide bonds. The molecule has 4 nitrogen and oxygen atoms in total. The van der Waals surface area contributed by atoms with Crippen LogP contribution in [0.4, 0.5) is 0 Å². The zero-order valence-corrected chi connectivity index (χ0v) is 12.7. The Labute approximate surface area is 121 Å². The molecule has 0 saturated carbocycles. The van der Waals surface area contributed by atoms with Crippen molar-refractivity contribution in [1.29, 1.82) is 0 Å². The van der Waals surface area contributed by atoms with Crippen molar-refractivity contribution in [3.63, 3.8) is 0 Å². The number of aryl methyl sites for hydroxylation is 1. The van der Waals surface area contributed by atoms with Gasteiger partial charge in [-0.2, -0.15) is 0 Å². The second-order valence-corrected chi connectivity index (χ2v) is 5.19. The highest BCUT2D eigenvalue weighted by atomic mass is 79.9. The fourth-order valence-electron chi connectivity index (χ4n) is 1.77. The standard InChI is InChI=1S/C14H17BrN4/c1-3-6-16-9-11-8-10(2)18-14(19-11)13-12(15)5-4-7-17-13/h4-5,7-8,16H,3,6,9H2,1-2H3. The van der Waals surface area contributed by atoms with E-state index in [4.69, 9.17) is 0 Å². The Hall–Kier alpha value is -1.33. The summed E-state index contributed by atoms with van der Waals surface area (Å²) in [6.07, 6.45) is 2.86. The molecule has 100 valence electrons. The number of nitrogens with zero attached hydrogens (tertiary/aromatic N) is 3. The molecule has 2 aromatic heterocycles. The van der Waals surface area contributed by atoms with Crippen LogP contribution in [0.25, 0.3) is 11.5 Å². The third-order valence-electron chi connectivity index (χ3n) is 2.61. The van der Waals surface area contributed by atoms with E-state index in [-0.39, 0.29) is 0 Å². The van der Waals surface area contributed by atoms with Gasteiger partial charge in [0.05, 0.1) is 5.69 Å². The first-order chi connectivity index (χ1) is 9.20. The summed E-state index contributed by atoms with van der Waals surface area (Å²) in [6, 6.07) is 5.83. The second-order valence-electron chi connectivity index (χ2n) is 4.33. The molecule has 0 bridgehead atoms. The van der Waals surface area contributed by atoms with Gasteiger partial charge in [-0.05, 0) is 54.0 Å². The van der Waals surface area contributed by atoms with E-state index in [0.29, 0.717) is 5.82 Å². The Balaban J connectivity index is 2.29. The van der Waals surface area contributed by atoms with Crippen molar-refractivity contribution in [2.75, 3.05) is 6.54 Å². The lowest BCUT2D eigenvalue weighted by Gasteiger charge is -2.07. The van der Waals surface area contributed by atoms with E-state index in [1.807, 2.05) is 25.1 Å². The molecular formula is C14H17BrN4. The van der Waals surface area contributed by atoms with E-state index in [1.165, 1.54) is 0 Å². The van der Waals surface area contributed by atoms with Gasteiger partial charge in [-0.1, -0.05) is 6.92 Å². The summed E-state index contributed by atoms with van der Waals surface area (Å²) in [4.78, 5) is 13.4. The van der Waals surface area contributed by atoms with Crippen LogP contribution in [0.1, 0.15) is 24.7 Å². The van der Waals surface area contributed by atoms with Gasteiger partial charge < -0.3 is 5.32 Å². The zero-order valence-electron chi connectivity index (χ0n) is 11.2. The molecule has 2 heterocycles. The molecule has 0 saturated heterocycles. The van der Waals surface area contributed by atoms with E-state index in [1.54, 1.807) is 6.20 Å². The normalized spacial score (nSPS) is 10.7. The van der Waals surface area contributed by atoms with Crippen LogP contribution in [0.2, 0.25) is 0 Å². The van der Waals surface area contributed by atoms with Crippen LogP contribution in [0.3, 0.4) is 0 Å². The minimum atomic E-state index is 0.667. The largest absolute Gasteiger partial charge is 0.311 e. The molecule has 0 aliphatic carbocycles. The van der Waals surface area contributed by atoms with E-state index in [9.17, 15) is 0 Å². The number of hydrogen-bond acceptors (Lipinski definition) is 4. The van der Waals surface area contributed by atoms with Crippen LogP contribution in [-0.2, 0) is 6.54 Å². The van der Waals surface area contributed by atoms with Gasteiger partial charge in [-0.15, -0.1) is 0 Å². The van der Waals surface area contributed by atoms with Crippen LogP contribution >= 0.6 is 15.9 Å². The van der Waals surface area contributed by atoms with Crippen LogP contribution in [0, 0.1) is 6.92 Å². The van der Waals surface area contributed by atoms with Crippen LogP contribution in [0.5, 0.6) is 0 Å². The molecule has 0 atom stereocenters. The van der Waals surface area contributed by atoms with Crippen molar-refractivity contribution >= 4 is 15.9 Å². The van der Waals surface area contributed by atoms with Crippen LogP contribution in [0.15, 0.2) is 28.9 Å². The number of aromatic nitrogens is 3. The zero-order chi connectivity index (χ0) is 13.7. The summed E-state index contributed by atoms with van der Waals surface area (Å²) in [5.74, 6) is 0.667. The fraction of sp³-hybridized carbons (Fsp3) is 0.357. The molecule has 19 heavy (non-hydrogen) atoms. The maximum atomic E-state index is 4.57. The molecule has 0 aliphatic rings. The highest BCUT2D eigenvalue weighted by Crippen LogP contribution is 2.22. The van der Waals surface area contributed by atoms with Gasteiger partial charge in [0.25, 0.3) is 0 Å². The third-order valence-corrected chi connectivity index (χ3v) is 3.25. The first kappa shape index (κ1) is 14.1. The van der Waals surface area contributed by atoms with Crippen LogP contribution in [-0.4, -0.2) is 21.5 Å². The lowest BCUT2D eigenvalue weighted by molar-refractivity contribution is 0.662. The molecule has 2 aromatic rings. The molecule has 0 radical (unpaired) electrons. The maximum Gasteiger partial charge on any atom is 0.179 e. The van der Waals surface area contributed by atoms with Crippen molar-refractivity contribution in [2.24, 2.45) is 0 Å². The summed E-state index contributed by atoms with van der Waals surface area (Å²) in [6.45, 7) is 5.88. The van der Waals surface area contributed by atoms with E-state index >= 15 is 0 Å². The van der Waals surface area contributed by atoms with Crippen molar-refractivity contribution < 1.29 is 0 Å². The lowest BCUT2D eigenvalue weighted by atomic mass is 10.3. The van der Waals surface area contributed by atoms with Gasteiger partial charge in [0, 0.05) is 22.9 Å². The molecule has 0 aliphatic heterocycles. The monoisotopic (exact) mass is 320 g/mol. The van der Waals surface area contributed by atoms with Crippen molar-refractivity contribution in [1.82, 2.24) is 20.3 Å². The van der Waals surface area contributed by atoms with Crippen molar-refractivity contribution in [3.8, 4) is 11.5 Å². The van der Waals surface area contributed by atoms with Gasteiger partial charge >= 0.3 is 0 Å². The first-order valence-corrected chi connectivity index (χ1v) is 7.16. The van der Waals surface area contributed by atoms with Gasteiger partial charge in [0.1, 0.15) is 5.69 Å². The molecule has 2 rings (SSSR count). The molecule has 5 heteroatoms. The molecule has 0 unspecified atom stereocenters. The average Bonchev–Trinajstić information content (AvgIpc) is 2.39. The SMILES string of the molecule is CCCNCc1cc(C)nc(-c2ncccc2Br)n1. The Morgan fingerprint density at radius 3 is 2.89 bits per heavy atom. The summed E-state index contributed by atoms with van der Waals surface area (Å²) in [7, 11) is 0. The molecule has 0 spiro atoms. The smallest absolute Gasteiger partial charge is 0.179 e. The fourth-order valence-corrected chi connectivity index (χ4v) is 2.21. The topological polar surface area (TPSA) is 50.7 Å². The minimum absolute atomic E-state index is 0.667. The highest BCUT2D eigenvalue weighted by molar-refractivity contribution is 9.10. The minimum Gasteiger partial charge on any atom is -0.311 e. The number of nitrogens with one attached hydrogen (secondary N) is 1. The Kier molecular flexibility index (Phi) is 4.99. The van der Waals surface area contributed by atoms with Crippen molar-refractivity contribution in [2.45, 2.75) is 26.8 Å². The Morgan fingerprint density at radius 2 is 2.16 bits per heavy atom. The number of rotatable bonds is 5. The van der Waals surface area contributed by atoms with E-state index in [2.05, 4.69) is 43.1 Å². The molecule has 0 aromatic carbocycles. The van der Waals surface area contributed by atoms with E-state index < -0.39 is 0 Å². The summed E-state index contributed by atoms with van der Waals surface area (Å²) >= 11 is 3.49. The van der Waals surface area contributed by atoms with Gasteiger partial charge in [-0.3, -0.25) is 4.98 Å². The Morgan fingerprint density at radius 1 is 1.32 bits per heavy atom. The van der Waals surface area contributed by atoms with E-state index in [0.717, 1.165) is 41.1 Å². The van der Waals surface area contributed by atoms with Crippen LogP contribution < -0.4 is 5.32 Å². The van der Waals surface area contributed by atoms with Gasteiger partial charge in [0.15, 0.2) is 5.82 Å². The quantitative estimate of drug-likeness (QED) is 0.860. The maximum absolute atomic E-state index is 4.57. The van der Waals surface area contributed by atoms with Gasteiger partial charge in [-0.25, -0.2) is 9.97 Å². The molecule has 1 N–H and O–H groups in total. The third kappa shape index (κ3) is 3.81. The van der Waals surface area contributed by atoms with Crippen molar-refractivity contribution in [3.05, 3.63) is 40.3 Å². The Bertz CT molecular complexity index is 557. The summed E-state index contributed by atoms with van der Waals surface area (Å²) in [5, 5.41) is 3.35. The second kappa shape index (κ2) is 6.73.